The number of fused-ring (bicyclic) bond motifs is 1. The molecule has 3 rings (SSSR count). The Morgan fingerprint density at radius 1 is 1.16 bits per heavy atom. The van der Waals surface area contributed by atoms with Gasteiger partial charge in [-0.05, 0) is 40.2 Å². The molecule has 0 saturated heterocycles. The van der Waals surface area contributed by atoms with Crippen molar-refractivity contribution < 1.29 is 4.74 Å². The second-order valence-corrected chi connectivity index (χ2v) is 5.84. The summed E-state index contributed by atoms with van der Waals surface area (Å²) in [4.78, 5) is 7.90. The highest BCUT2D eigenvalue weighted by molar-refractivity contribution is 9.11. The molecule has 3 aromatic rings. The third-order valence-electron chi connectivity index (χ3n) is 2.86. The summed E-state index contributed by atoms with van der Waals surface area (Å²) in [5.74, 6) is 1.56. The van der Waals surface area contributed by atoms with Gasteiger partial charge in [-0.25, -0.2) is 4.98 Å². The Balaban J connectivity index is 2.25. The van der Waals surface area contributed by atoms with Gasteiger partial charge in [0.2, 0.25) is 0 Å². The lowest BCUT2D eigenvalue weighted by atomic mass is 10.2. The molecule has 0 radical (unpaired) electrons. The van der Waals surface area contributed by atoms with Crippen LogP contribution in [-0.2, 0) is 0 Å². The lowest BCUT2D eigenvalue weighted by Gasteiger charge is -2.09. The minimum absolute atomic E-state index is 0.766. The molecule has 0 unspecified atom stereocenters. The number of nitrogens with zero attached hydrogens (tertiary/aromatic N) is 1. The summed E-state index contributed by atoms with van der Waals surface area (Å²) in [5.41, 5.74) is 2.87. The molecular formula is C14H10Br2N2O. The molecule has 19 heavy (non-hydrogen) atoms. The molecule has 0 atom stereocenters. The smallest absolute Gasteiger partial charge is 0.144 e. The minimum Gasteiger partial charge on any atom is -0.495 e. The Morgan fingerprint density at radius 2 is 1.95 bits per heavy atom. The molecule has 0 fully saturated rings. The first-order valence-electron chi connectivity index (χ1n) is 5.67. The molecule has 0 aliphatic heterocycles. The summed E-state index contributed by atoms with van der Waals surface area (Å²) in [6.07, 6.45) is 0. The van der Waals surface area contributed by atoms with Gasteiger partial charge in [-0.15, -0.1) is 0 Å². The van der Waals surface area contributed by atoms with Gasteiger partial charge in [0.1, 0.15) is 11.6 Å². The zero-order valence-electron chi connectivity index (χ0n) is 10.1. The highest BCUT2D eigenvalue weighted by Gasteiger charge is 2.14. The van der Waals surface area contributed by atoms with Crippen molar-refractivity contribution in [2.45, 2.75) is 0 Å². The van der Waals surface area contributed by atoms with Crippen LogP contribution in [0, 0.1) is 0 Å². The molecule has 0 saturated carbocycles. The Morgan fingerprint density at radius 3 is 2.68 bits per heavy atom. The van der Waals surface area contributed by atoms with E-state index in [1.54, 1.807) is 7.11 Å². The number of H-pyrrole nitrogens is 1. The topological polar surface area (TPSA) is 37.9 Å². The number of hydrogen-bond acceptors (Lipinski definition) is 2. The first kappa shape index (κ1) is 12.7. The quantitative estimate of drug-likeness (QED) is 0.694. The Kier molecular flexibility index (Phi) is 3.33. The largest absolute Gasteiger partial charge is 0.495 e. The van der Waals surface area contributed by atoms with Crippen molar-refractivity contribution in [1.29, 1.82) is 0 Å². The van der Waals surface area contributed by atoms with Crippen LogP contribution in [-0.4, -0.2) is 17.1 Å². The van der Waals surface area contributed by atoms with E-state index in [2.05, 4.69) is 41.8 Å². The van der Waals surface area contributed by atoms with E-state index in [-0.39, 0.29) is 0 Å². The summed E-state index contributed by atoms with van der Waals surface area (Å²) in [5, 5.41) is 0. The lowest BCUT2D eigenvalue weighted by Crippen LogP contribution is -1.91. The van der Waals surface area contributed by atoms with Crippen LogP contribution in [0.25, 0.3) is 22.4 Å². The van der Waals surface area contributed by atoms with Gasteiger partial charge < -0.3 is 9.72 Å². The summed E-state index contributed by atoms with van der Waals surface area (Å²) in [6, 6.07) is 11.9. The van der Waals surface area contributed by atoms with Crippen LogP contribution in [0.5, 0.6) is 5.75 Å². The molecule has 0 aliphatic carbocycles. The fourth-order valence-electron chi connectivity index (χ4n) is 2.02. The fraction of sp³-hybridized carbons (Fsp3) is 0.0714. The Hall–Kier alpha value is -1.33. The zero-order chi connectivity index (χ0) is 13.4. The van der Waals surface area contributed by atoms with Crippen molar-refractivity contribution in [3.05, 3.63) is 45.3 Å². The SMILES string of the molecule is COc1c(Br)cc(Br)cc1-c1nc2ccccc2[nH]1. The maximum Gasteiger partial charge on any atom is 0.144 e. The van der Waals surface area contributed by atoms with Gasteiger partial charge in [0, 0.05) is 4.47 Å². The van der Waals surface area contributed by atoms with E-state index in [1.807, 2.05) is 36.4 Å². The average molecular weight is 382 g/mol. The van der Waals surface area contributed by atoms with Crippen molar-refractivity contribution in [3.8, 4) is 17.1 Å². The van der Waals surface area contributed by atoms with E-state index in [9.17, 15) is 0 Å². The van der Waals surface area contributed by atoms with E-state index in [0.717, 1.165) is 37.1 Å². The number of aromatic amines is 1. The summed E-state index contributed by atoms with van der Waals surface area (Å²) >= 11 is 6.99. The third kappa shape index (κ3) is 2.28. The number of halogens is 2. The number of para-hydroxylation sites is 2. The molecule has 2 aromatic carbocycles. The van der Waals surface area contributed by atoms with Crippen LogP contribution in [0.1, 0.15) is 0 Å². The van der Waals surface area contributed by atoms with Crippen molar-refractivity contribution in [3.63, 3.8) is 0 Å². The molecule has 0 spiro atoms. The number of ether oxygens (including phenoxy) is 1. The molecule has 0 amide bonds. The lowest BCUT2D eigenvalue weighted by molar-refractivity contribution is 0.413. The van der Waals surface area contributed by atoms with Gasteiger partial charge in [0.25, 0.3) is 0 Å². The first-order valence-corrected chi connectivity index (χ1v) is 7.26. The molecule has 96 valence electrons. The molecular weight excluding hydrogens is 372 g/mol. The summed E-state index contributed by atoms with van der Waals surface area (Å²) in [6.45, 7) is 0. The number of rotatable bonds is 2. The Bertz CT molecular complexity index is 719. The standard InChI is InChI=1S/C14H10Br2N2O/c1-19-13-9(6-8(15)7-10(13)16)14-17-11-4-2-3-5-12(11)18-14/h2-7H,1H3,(H,17,18). The average Bonchev–Trinajstić information content (AvgIpc) is 2.81. The van der Waals surface area contributed by atoms with Crippen LogP contribution in [0.15, 0.2) is 45.3 Å². The van der Waals surface area contributed by atoms with Crippen LogP contribution in [0.4, 0.5) is 0 Å². The molecule has 0 aliphatic rings. The zero-order valence-corrected chi connectivity index (χ0v) is 13.2. The van der Waals surface area contributed by atoms with Crippen molar-refractivity contribution in [2.75, 3.05) is 7.11 Å². The molecule has 3 nitrogen and oxygen atoms in total. The van der Waals surface area contributed by atoms with Crippen molar-refractivity contribution in [1.82, 2.24) is 9.97 Å². The van der Waals surface area contributed by atoms with Crippen LogP contribution < -0.4 is 4.74 Å². The van der Waals surface area contributed by atoms with E-state index < -0.39 is 0 Å². The van der Waals surface area contributed by atoms with E-state index >= 15 is 0 Å². The van der Waals surface area contributed by atoms with Crippen molar-refractivity contribution >= 4 is 42.9 Å². The highest BCUT2D eigenvalue weighted by Crippen LogP contribution is 2.38. The predicted octanol–water partition coefficient (Wildman–Crippen LogP) is 4.76. The first-order chi connectivity index (χ1) is 9.19. The molecule has 5 heteroatoms. The van der Waals surface area contributed by atoms with Crippen LogP contribution >= 0.6 is 31.9 Å². The van der Waals surface area contributed by atoms with Gasteiger partial charge in [-0.3, -0.25) is 0 Å². The summed E-state index contributed by atoms with van der Waals surface area (Å²) in [7, 11) is 1.65. The number of hydrogen-bond donors (Lipinski definition) is 1. The van der Waals surface area contributed by atoms with Crippen LogP contribution in [0.2, 0.25) is 0 Å². The molecule has 1 heterocycles. The minimum atomic E-state index is 0.766. The number of methoxy groups -OCH3 is 1. The van der Waals surface area contributed by atoms with E-state index in [4.69, 9.17) is 4.74 Å². The molecule has 1 N–H and O–H groups in total. The van der Waals surface area contributed by atoms with Crippen molar-refractivity contribution in [2.24, 2.45) is 0 Å². The summed E-state index contributed by atoms with van der Waals surface area (Å²) < 4.78 is 7.31. The van der Waals surface area contributed by atoms with Gasteiger partial charge in [-0.2, -0.15) is 0 Å². The number of nitrogens with one attached hydrogen (secondary N) is 1. The molecule has 1 aromatic heterocycles. The fourth-order valence-corrected chi connectivity index (χ4v) is 3.41. The van der Waals surface area contributed by atoms with Gasteiger partial charge in [-0.1, -0.05) is 28.1 Å². The second kappa shape index (κ2) is 4.98. The highest BCUT2D eigenvalue weighted by atomic mass is 79.9. The van der Waals surface area contributed by atoms with E-state index in [1.165, 1.54) is 0 Å². The third-order valence-corrected chi connectivity index (χ3v) is 3.90. The van der Waals surface area contributed by atoms with Crippen LogP contribution in [0.3, 0.4) is 0 Å². The number of imidazole rings is 1. The number of benzene rings is 2. The van der Waals surface area contributed by atoms with Gasteiger partial charge >= 0.3 is 0 Å². The normalized spacial score (nSPS) is 10.9. The maximum atomic E-state index is 5.45. The second-order valence-electron chi connectivity index (χ2n) is 4.07. The van der Waals surface area contributed by atoms with Gasteiger partial charge in [0.05, 0.1) is 28.2 Å². The van der Waals surface area contributed by atoms with E-state index in [0.29, 0.717) is 0 Å². The maximum absolute atomic E-state index is 5.45. The van der Waals surface area contributed by atoms with Gasteiger partial charge in [0.15, 0.2) is 0 Å². The monoisotopic (exact) mass is 380 g/mol. The Labute approximate surface area is 127 Å². The number of aromatic nitrogens is 2. The molecule has 0 bridgehead atoms. The predicted molar refractivity (Wildman–Crippen MR) is 83.5 cm³/mol.